The Morgan fingerprint density at radius 3 is 2.50 bits per heavy atom. The molecule has 9 heteroatoms. The molecule has 0 saturated carbocycles. The fourth-order valence-electron chi connectivity index (χ4n) is 2.34. The number of rotatable bonds is 8. The summed E-state index contributed by atoms with van der Waals surface area (Å²) in [5.41, 5.74) is 2.60. The van der Waals surface area contributed by atoms with Gasteiger partial charge in [0.1, 0.15) is 5.51 Å². The van der Waals surface area contributed by atoms with Crippen LogP contribution in [0.2, 0.25) is 5.02 Å². The van der Waals surface area contributed by atoms with Crippen molar-refractivity contribution in [2.45, 2.75) is 21.7 Å². The summed E-state index contributed by atoms with van der Waals surface area (Å²) in [5.74, 6) is 0.720. The highest BCUT2D eigenvalue weighted by molar-refractivity contribution is 8.00. The van der Waals surface area contributed by atoms with E-state index in [1.807, 2.05) is 30.3 Å². The van der Waals surface area contributed by atoms with Crippen LogP contribution in [0.15, 0.2) is 69.3 Å². The second-order valence-corrected chi connectivity index (χ2v) is 9.71. The molecule has 26 heavy (non-hydrogen) atoms. The van der Waals surface area contributed by atoms with E-state index in [9.17, 15) is 8.42 Å². The first-order valence-electron chi connectivity index (χ1n) is 7.76. The highest BCUT2D eigenvalue weighted by Crippen LogP contribution is 2.26. The van der Waals surface area contributed by atoms with Crippen LogP contribution in [0.5, 0.6) is 0 Å². The van der Waals surface area contributed by atoms with Gasteiger partial charge in [-0.15, -0.1) is 10.2 Å². The van der Waals surface area contributed by atoms with Crippen molar-refractivity contribution in [3.63, 3.8) is 0 Å². The van der Waals surface area contributed by atoms with Crippen molar-refractivity contribution in [3.8, 4) is 0 Å². The van der Waals surface area contributed by atoms with Gasteiger partial charge in [0.2, 0.25) is 10.0 Å². The first-order chi connectivity index (χ1) is 12.5. The van der Waals surface area contributed by atoms with Crippen LogP contribution in [-0.2, 0) is 10.0 Å². The molecule has 5 nitrogen and oxygen atoms in total. The summed E-state index contributed by atoms with van der Waals surface area (Å²) in [5, 5.41) is 8.30. The molecule has 0 amide bonds. The van der Waals surface area contributed by atoms with E-state index >= 15 is 0 Å². The molecule has 1 atom stereocenters. The molecule has 3 rings (SSSR count). The number of sulfonamides is 1. The molecule has 2 aromatic carbocycles. The van der Waals surface area contributed by atoms with E-state index in [1.165, 1.54) is 23.5 Å². The zero-order valence-corrected chi connectivity index (χ0v) is 16.8. The normalized spacial score (nSPS) is 12.8. The maximum absolute atomic E-state index is 12.7. The molecule has 1 heterocycles. The van der Waals surface area contributed by atoms with Crippen molar-refractivity contribution < 1.29 is 8.42 Å². The molecule has 0 spiro atoms. The van der Waals surface area contributed by atoms with Gasteiger partial charge < -0.3 is 0 Å². The maximum Gasteiger partial charge on any atom is 0.241 e. The Balaban J connectivity index is 1.75. The Labute approximate surface area is 165 Å². The zero-order valence-electron chi connectivity index (χ0n) is 13.6. The molecule has 1 N–H and O–H groups in total. The minimum Gasteiger partial charge on any atom is -0.207 e. The van der Waals surface area contributed by atoms with Crippen LogP contribution < -0.4 is 4.72 Å². The number of hydrogen-bond donors (Lipinski definition) is 1. The monoisotopic (exact) mass is 425 g/mol. The minimum absolute atomic E-state index is 0.194. The summed E-state index contributed by atoms with van der Waals surface area (Å²) in [4.78, 5) is 0.194. The van der Waals surface area contributed by atoms with E-state index in [4.69, 9.17) is 11.6 Å². The Hall–Kier alpha value is -1.45. The highest BCUT2D eigenvalue weighted by atomic mass is 35.5. The molecule has 0 saturated heterocycles. The van der Waals surface area contributed by atoms with E-state index in [0.717, 1.165) is 15.7 Å². The number of hydrogen-bond acceptors (Lipinski definition) is 6. The van der Waals surface area contributed by atoms with Gasteiger partial charge in [0.05, 0.1) is 4.90 Å². The lowest BCUT2D eigenvalue weighted by atomic mass is 10.1. The van der Waals surface area contributed by atoms with Crippen LogP contribution in [0.1, 0.15) is 18.0 Å². The van der Waals surface area contributed by atoms with Crippen molar-refractivity contribution >= 4 is 44.7 Å². The van der Waals surface area contributed by atoms with Gasteiger partial charge in [0.15, 0.2) is 4.34 Å². The lowest BCUT2D eigenvalue weighted by molar-refractivity contribution is 0.551. The average Bonchev–Trinajstić information content (AvgIpc) is 3.15. The van der Waals surface area contributed by atoms with Crippen LogP contribution in [0.3, 0.4) is 0 Å². The van der Waals surface area contributed by atoms with Gasteiger partial charge >= 0.3 is 0 Å². The fourth-order valence-corrected chi connectivity index (χ4v) is 5.29. The fraction of sp³-hybridized carbons (Fsp3) is 0.176. The lowest BCUT2D eigenvalue weighted by Crippen LogP contribution is -2.29. The lowest BCUT2D eigenvalue weighted by Gasteiger charge is -2.19. The third kappa shape index (κ3) is 5.28. The predicted octanol–water partition coefficient (Wildman–Crippen LogP) is 4.39. The van der Waals surface area contributed by atoms with Gasteiger partial charge in [-0.1, -0.05) is 65.0 Å². The third-order valence-electron chi connectivity index (χ3n) is 3.60. The van der Waals surface area contributed by atoms with Gasteiger partial charge in [-0.05, 0) is 36.2 Å². The highest BCUT2D eigenvalue weighted by Gasteiger charge is 2.21. The third-order valence-corrected chi connectivity index (χ3v) is 7.23. The molecular weight excluding hydrogens is 410 g/mol. The summed E-state index contributed by atoms with van der Waals surface area (Å²) < 4.78 is 29.2. The minimum atomic E-state index is -3.65. The van der Waals surface area contributed by atoms with Gasteiger partial charge in [0, 0.05) is 16.8 Å². The number of benzene rings is 2. The van der Waals surface area contributed by atoms with E-state index < -0.39 is 10.0 Å². The van der Waals surface area contributed by atoms with Crippen molar-refractivity contribution in [3.05, 3.63) is 70.7 Å². The van der Waals surface area contributed by atoms with Crippen LogP contribution in [0, 0.1) is 0 Å². The van der Waals surface area contributed by atoms with Gasteiger partial charge in [-0.2, -0.15) is 0 Å². The smallest absolute Gasteiger partial charge is 0.207 e. The molecule has 0 aliphatic carbocycles. The standard InChI is InChI=1S/C17H16ClN3O2S3/c18-14-6-8-15(9-7-14)26(22,23)21-16(13-4-2-1-3-5-13)10-11-24-17-20-19-12-25-17/h1-9,12,16,21H,10-11H2. The number of thioether (sulfide) groups is 1. The van der Waals surface area contributed by atoms with Crippen molar-refractivity contribution in [1.29, 1.82) is 0 Å². The molecule has 1 aromatic heterocycles. The van der Waals surface area contributed by atoms with Gasteiger partial charge in [-0.25, -0.2) is 13.1 Å². The van der Waals surface area contributed by atoms with Gasteiger partial charge in [0.25, 0.3) is 0 Å². The van der Waals surface area contributed by atoms with Crippen molar-refractivity contribution in [2.75, 3.05) is 5.75 Å². The molecule has 0 fully saturated rings. The van der Waals surface area contributed by atoms with E-state index in [1.54, 1.807) is 29.4 Å². The van der Waals surface area contributed by atoms with Crippen LogP contribution in [0.25, 0.3) is 0 Å². The van der Waals surface area contributed by atoms with Crippen molar-refractivity contribution in [2.24, 2.45) is 0 Å². The first-order valence-corrected chi connectivity index (χ1v) is 11.5. The quantitative estimate of drug-likeness (QED) is 0.542. The summed E-state index contributed by atoms with van der Waals surface area (Å²) >= 11 is 8.89. The van der Waals surface area contributed by atoms with Crippen LogP contribution >= 0.6 is 34.7 Å². The second-order valence-electron chi connectivity index (χ2n) is 5.38. The Morgan fingerprint density at radius 1 is 1.12 bits per heavy atom. The number of nitrogens with zero attached hydrogens (tertiary/aromatic N) is 2. The average molecular weight is 426 g/mol. The topological polar surface area (TPSA) is 72.0 Å². The Bertz CT molecular complexity index is 918. The van der Waals surface area contributed by atoms with E-state index in [0.29, 0.717) is 11.4 Å². The first kappa shape index (κ1) is 19.3. The number of aromatic nitrogens is 2. The van der Waals surface area contributed by atoms with Gasteiger partial charge in [-0.3, -0.25) is 0 Å². The summed E-state index contributed by atoms with van der Waals surface area (Å²) in [6.45, 7) is 0. The predicted molar refractivity (Wildman–Crippen MR) is 106 cm³/mol. The Morgan fingerprint density at radius 2 is 1.85 bits per heavy atom. The van der Waals surface area contributed by atoms with Crippen LogP contribution in [0.4, 0.5) is 0 Å². The van der Waals surface area contributed by atoms with E-state index in [-0.39, 0.29) is 10.9 Å². The number of nitrogens with one attached hydrogen (secondary N) is 1. The molecule has 0 radical (unpaired) electrons. The second kappa shape index (κ2) is 8.96. The summed E-state index contributed by atoms with van der Waals surface area (Å²) in [6.07, 6.45) is 0.626. The van der Waals surface area contributed by atoms with Crippen LogP contribution in [-0.4, -0.2) is 24.4 Å². The molecular formula is C17H16ClN3O2S3. The molecule has 0 aliphatic rings. The molecule has 3 aromatic rings. The summed E-state index contributed by atoms with van der Waals surface area (Å²) in [6, 6.07) is 15.4. The Kier molecular flexibility index (Phi) is 6.66. The molecule has 0 aliphatic heterocycles. The molecule has 0 bridgehead atoms. The number of halogens is 1. The summed E-state index contributed by atoms with van der Waals surface area (Å²) in [7, 11) is -3.65. The SMILES string of the molecule is O=S(=O)(NC(CCSc1nncs1)c1ccccc1)c1ccc(Cl)cc1. The van der Waals surface area contributed by atoms with Crippen molar-refractivity contribution in [1.82, 2.24) is 14.9 Å². The molecule has 136 valence electrons. The zero-order chi connectivity index (χ0) is 18.4. The maximum atomic E-state index is 12.7. The van der Waals surface area contributed by atoms with E-state index in [2.05, 4.69) is 14.9 Å². The molecule has 1 unspecified atom stereocenters. The largest absolute Gasteiger partial charge is 0.241 e.